The lowest BCUT2D eigenvalue weighted by Gasteiger charge is -2.30. The Morgan fingerprint density at radius 2 is 0.886 bits per heavy atom. The third-order valence-electron chi connectivity index (χ3n) is 16.8. The summed E-state index contributed by atoms with van der Waals surface area (Å²) in [4.78, 5) is 2.51. The number of rotatable bonds is 4. The summed E-state index contributed by atoms with van der Waals surface area (Å²) in [5.74, 6) is 0. The van der Waals surface area contributed by atoms with Gasteiger partial charge in [0.15, 0.2) is 0 Å². The highest BCUT2D eigenvalue weighted by atomic mass is 16.3. The molecule has 0 amide bonds. The maximum Gasteiger partial charge on any atom is 0.143 e. The summed E-state index contributed by atoms with van der Waals surface area (Å²) in [6.07, 6.45) is 0. The molecule has 0 fully saturated rings. The van der Waals surface area contributed by atoms with E-state index in [-0.39, 0.29) is 16.2 Å². The zero-order chi connectivity index (χ0) is 47.0. The molecule has 12 aromatic rings. The first-order valence-electron chi connectivity index (χ1n) is 24.7. The molecule has 3 heteroatoms. The zero-order valence-corrected chi connectivity index (χ0v) is 40.2. The van der Waals surface area contributed by atoms with Gasteiger partial charge in [0.2, 0.25) is 0 Å². The molecule has 0 atom stereocenters. The van der Waals surface area contributed by atoms with E-state index in [1.54, 1.807) is 0 Å². The van der Waals surface area contributed by atoms with Crippen molar-refractivity contribution in [1.29, 1.82) is 0 Å². The lowest BCUT2D eigenvalue weighted by Crippen LogP contribution is -2.18. The van der Waals surface area contributed by atoms with E-state index in [4.69, 9.17) is 8.83 Å². The maximum atomic E-state index is 6.81. The second kappa shape index (κ2) is 13.6. The smallest absolute Gasteiger partial charge is 0.143 e. The lowest BCUT2D eigenvalue weighted by atomic mass is 9.79. The molecule has 0 saturated heterocycles. The van der Waals surface area contributed by atoms with Gasteiger partial charge in [-0.15, -0.1) is 0 Å². The van der Waals surface area contributed by atoms with Crippen LogP contribution in [-0.4, -0.2) is 0 Å². The Morgan fingerprint density at radius 1 is 0.343 bits per heavy atom. The van der Waals surface area contributed by atoms with E-state index in [1.807, 2.05) is 0 Å². The number of furan rings is 2. The predicted octanol–water partition coefficient (Wildman–Crippen LogP) is 18.7. The SMILES string of the molecule is CC1(C)c2cc(N(c3ccc4c(c3)C(C)(C)c3cc(-c5ccccc5)c5oc6ccccc6c5c3-4)c3cccc4ccccc34)ccc2-c2cc3c(cc21)-c1c(ccc2oc4ccccc4c12)C3(C)C. The van der Waals surface area contributed by atoms with Crippen molar-refractivity contribution in [2.24, 2.45) is 0 Å². The van der Waals surface area contributed by atoms with Crippen LogP contribution in [0.4, 0.5) is 17.1 Å². The monoisotopic (exact) mass is 899 g/mol. The van der Waals surface area contributed by atoms with Crippen LogP contribution in [0.3, 0.4) is 0 Å². The first-order valence-corrected chi connectivity index (χ1v) is 24.7. The molecule has 2 aromatic heterocycles. The summed E-state index contributed by atoms with van der Waals surface area (Å²) < 4.78 is 13.3. The number of hydrogen-bond acceptors (Lipinski definition) is 3. The minimum Gasteiger partial charge on any atom is -0.456 e. The highest BCUT2D eigenvalue weighted by Crippen LogP contribution is 2.60. The molecular weight excluding hydrogens is 851 g/mol. The Balaban J connectivity index is 0.920. The average Bonchev–Trinajstić information content (AvgIpc) is 4.13. The van der Waals surface area contributed by atoms with Gasteiger partial charge in [-0.3, -0.25) is 0 Å². The van der Waals surface area contributed by atoms with Gasteiger partial charge in [-0.1, -0.05) is 163 Å². The van der Waals surface area contributed by atoms with E-state index >= 15 is 0 Å². The van der Waals surface area contributed by atoms with Gasteiger partial charge in [0.05, 0.1) is 5.69 Å². The fraction of sp³-hybridized carbons (Fsp3) is 0.134. The summed E-state index contributed by atoms with van der Waals surface area (Å²) in [5, 5.41) is 7.18. The van der Waals surface area contributed by atoms with E-state index in [2.05, 4.69) is 234 Å². The van der Waals surface area contributed by atoms with Crippen molar-refractivity contribution < 1.29 is 8.83 Å². The normalized spacial score (nSPS) is 15.3. The van der Waals surface area contributed by atoms with E-state index < -0.39 is 0 Å². The van der Waals surface area contributed by atoms with E-state index in [1.165, 1.54) is 93.7 Å². The molecule has 0 unspecified atom stereocenters. The second-order valence-corrected chi connectivity index (χ2v) is 21.6. The standard InChI is InChI=1S/C67H49NO2/c1-65(2)50-31-32-59-62(45-22-12-14-25-57(45)69-59)61(50)49-37-53-48(36-54(49)65)43-29-27-40(33-51(43)66(53,3)4)68(56-24-16-20-38-19-10-11-21-42(38)56)41-28-30-44-52(34-41)67(5,6)55-35-47(39-17-8-7-9-18-39)64-63(60(44)55)46-23-13-15-26-58(46)70-64/h7-37H,1-6H3. The van der Waals surface area contributed by atoms with Crippen LogP contribution in [0.1, 0.15) is 74.9 Å². The fourth-order valence-corrected chi connectivity index (χ4v) is 13.3. The van der Waals surface area contributed by atoms with Crippen molar-refractivity contribution in [3.63, 3.8) is 0 Å². The third kappa shape index (κ3) is 5.09. The van der Waals surface area contributed by atoms with Crippen LogP contribution in [-0.2, 0) is 16.2 Å². The summed E-state index contributed by atoms with van der Waals surface area (Å²) in [6.45, 7) is 14.4. The molecule has 3 aliphatic carbocycles. The molecule has 2 heterocycles. The molecule has 0 saturated carbocycles. The predicted molar refractivity (Wildman–Crippen MR) is 291 cm³/mol. The Morgan fingerprint density at radius 3 is 1.66 bits per heavy atom. The fourth-order valence-electron chi connectivity index (χ4n) is 13.3. The molecule has 0 spiro atoms. The maximum absolute atomic E-state index is 6.81. The van der Waals surface area contributed by atoms with Gasteiger partial charge < -0.3 is 13.7 Å². The van der Waals surface area contributed by atoms with Crippen LogP contribution in [0, 0.1) is 0 Å². The third-order valence-corrected chi connectivity index (χ3v) is 16.8. The number of hydrogen-bond donors (Lipinski definition) is 0. The molecule has 10 aromatic carbocycles. The summed E-state index contributed by atoms with van der Waals surface area (Å²) in [7, 11) is 0. The molecule has 334 valence electrons. The lowest BCUT2D eigenvalue weighted by molar-refractivity contribution is 0.651. The molecule has 0 radical (unpaired) electrons. The average molecular weight is 900 g/mol. The van der Waals surface area contributed by atoms with Gasteiger partial charge in [0, 0.05) is 60.1 Å². The number of para-hydroxylation sites is 2. The van der Waals surface area contributed by atoms with Crippen LogP contribution >= 0.6 is 0 Å². The van der Waals surface area contributed by atoms with Gasteiger partial charge in [-0.05, 0) is 144 Å². The van der Waals surface area contributed by atoms with Gasteiger partial charge >= 0.3 is 0 Å². The number of nitrogens with zero attached hydrogens (tertiary/aromatic N) is 1. The van der Waals surface area contributed by atoms with E-state index in [0.717, 1.165) is 55.9 Å². The van der Waals surface area contributed by atoms with Crippen molar-refractivity contribution in [2.75, 3.05) is 4.90 Å². The summed E-state index contributed by atoms with van der Waals surface area (Å²) in [5.41, 5.74) is 24.6. The first kappa shape index (κ1) is 39.8. The van der Waals surface area contributed by atoms with E-state index in [9.17, 15) is 0 Å². The largest absolute Gasteiger partial charge is 0.456 e. The van der Waals surface area contributed by atoms with Crippen molar-refractivity contribution >= 4 is 71.7 Å². The molecule has 70 heavy (non-hydrogen) atoms. The molecule has 0 N–H and O–H groups in total. The van der Waals surface area contributed by atoms with Gasteiger partial charge in [0.1, 0.15) is 22.3 Å². The van der Waals surface area contributed by atoms with E-state index in [0.29, 0.717) is 0 Å². The quantitative estimate of drug-likeness (QED) is 0.176. The van der Waals surface area contributed by atoms with Gasteiger partial charge in [-0.25, -0.2) is 0 Å². The molecule has 0 aliphatic heterocycles. The van der Waals surface area contributed by atoms with Crippen LogP contribution in [0.2, 0.25) is 0 Å². The Labute approximate surface area is 407 Å². The van der Waals surface area contributed by atoms with Crippen molar-refractivity contribution in [3.05, 3.63) is 221 Å². The number of fused-ring (bicyclic) bond motifs is 18. The Bertz CT molecular complexity index is 4270. The molecule has 0 bridgehead atoms. The van der Waals surface area contributed by atoms with Crippen LogP contribution < -0.4 is 4.90 Å². The molecule has 3 aliphatic rings. The topological polar surface area (TPSA) is 29.5 Å². The van der Waals surface area contributed by atoms with Gasteiger partial charge in [0.25, 0.3) is 0 Å². The first-order chi connectivity index (χ1) is 34.0. The van der Waals surface area contributed by atoms with Crippen molar-refractivity contribution in [3.8, 4) is 44.5 Å². The zero-order valence-electron chi connectivity index (χ0n) is 40.2. The highest BCUT2D eigenvalue weighted by molar-refractivity contribution is 6.19. The summed E-state index contributed by atoms with van der Waals surface area (Å²) in [6, 6.07) is 69.7. The minimum absolute atomic E-state index is 0.176. The minimum atomic E-state index is -0.302. The highest BCUT2D eigenvalue weighted by Gasteiger charge is 2.44. The van der Waals surface area contributed by atoms with Crippen LogP contribution in [0.25, 0.3) is 99.2 Å². The van der Waals surface area contributed by atoms with Crippen LogP contribution in [0.5, 0.6) is 0 Å². The second-order valence-electron chi connectivity index (χ2n) is 21.6. The van der Waals surface area contributed by atoms with Crippen LogP contribution in [0.15, 0.2) is 197 Å². The molecule has 3 nitrogen and oxygen atoms in total. The Hall–Kier alpha value is -8.14. The van der Waals surface area contributed by atoms with Crippen molar-refractivity contribution in [2.45, 2.75) is 57.8 Å². The molecule has 15 rings (SSSR count). The van der Waals surface area contributed by atoms with Crippen molar-refractivity contribution in [1.82, 2.24) is 0 Å². The summed E-state index contributed by atoms with van der Waals surface area (Å²) >= 11 is 0. The molecular formula is C67H49NO2. The Kier molecular flexibility index (Phi) is 7.71. The number of benzene rings is 10. The van der Waals surface area contributed by atoms with Gasteiger partial charge in [-0.2, -0.15) is 0 Å². The number of anilines is 3.